The molecule has 0 saturated heterocycles. The molecule has 0 spiro atoms. The Kier molecular flexibility index (Phi) is 4.84. The maximum absolute atomic E-state index is 5.70. The van der Waals surface area contributed by atoms with Gasteiger partial charge in [-0.05, 0) is 42.6 Å². The maximum atomic E-state index is 5.70. The fourth-order valence-electron chi connectivity index (χ4n) is 1.95. The lowest BCUT2D eigenvalue weighted by molar-refractivity contribution is 0.339. The van der Waals surface area contributed by atoms with Gasteiger partial charge in [0.25, 0.3) is 0 Å². The number of benzene rings is 1. The van der Waals surface area contributed by atoms with Crippen molar-refractivity contribution in [1.29, 1.82) is 0 Å². The summed E-state index contributed by atoms with van der Waals surface area (Å²) >= 11 is 1.38. The van der Waals surface area contributed by atoms with Gasteiger partial charge < -0.3 is 4.74 Å². The molecule has 5 nitrogen and oxygen atoms in total. The number of hydrogen-bond donors (Lipinski definition) is 2. The molecule has 1 heterocycles. The zero-order chi connectivity index (χ0) is 13.7. The van der Waals surface area contributed by atoms with E-state index in [1.54, 1.807) is 0 Å². The van der Waals surface area contributed by atoms with Gasteiger partial charge in [0, 0.05) is 0 Å². The molecule has 0 aliphatic rings. The molecule has 2 aromatic rings. The largest absolute Gasteiger partial charge is 0.494 e. The van der Waals surface area contributed by atoms with Crippen molar-refractivity contribution in [2.24, 2.45) is 5.84 Å². The van der Waals surface area contributed by atoms with Crippen LogP contribution in [-0.4, -0.2) is 16.2 Å². The normalized spacial score (nSPS) is 12.4. The minimum atomic E-state index is -0.102. The Balaban J connectivity index is 2.34. The van der Waals surface area contributed by atoms with E-state index < -0.39 is 0 Å². The smallest absolute Gasteiger partial charge is 0.119 e. The number of aromatic nitrogens is 2. The molecule has 1 aromatic carbocycles. The lowest BCUT2D eigenvalue weighted by Gasteiger charge is -2.16. The number of hydrazine groups is 1. The summed E-state index contributed by atoms with van der Waals surface area (Å²) in [5.74, 6) is 6.55. The van der Waals surface area contributed by atoms with Crippen molar-refractivity contribution < 1.29 is 4.74 Å². The number of rotatable bonds is 6. The van der Waals surface area contributed by atoms with Gasteiger partial charge in [-0.15, -0.1) is 5.10 Å². The van der Waals surface area contributed by atoms with Crippen LogP contribution in [0.3, 0.4) is 0 Å². The number of nitrogens with zero attached hydrogens (tertiary/aromatic N) is 2. The first-order valence-electron chi connectivity index (χ1n) is 6.30. The Labute approximate surface area is 116 Å². The Bertz CT molecular complexity index is 529. The van der Waals surface area contributed by atoms with Crippen LogP contribution >= 0.6 is 11.5 Å². The van der Waals surface area contributed by atoms with Gasteiger partial charge in [-0.2, -0.15) is 0 Å². The number of nitrogens with two attached hydrogens (primary N) is 1. The van der Waals surface area contributed by atoms with Crippen molar-refractivity contribution in [2.75, 3.05) is 6.61 Å². The van der Waals surface area contributed by atoms with E-state index in [0.717, 1.165) is 28.3 Å². The van der Waals surface area contributed by atoms with Gasteiger partial charge in [-0.3, -0.25) is 5.84 Å². The number of ether oxygens (including phenoxy) is 1. The third-order valence-corrected chi connectivity index (χ3v) is 3.68. The highest BCUT2D eigenvalue weighted by atomic mass is 32.1. The Morgan fingerprint density at radius 3 is 2.95 bits per heavy atom. The topological polar surface area (TPSA) is 73.1 Å². The van der Waals surface area contributed by atoms with E-state index in [9.17, 15) is 0 Å². The molecule has 1 atom stereocenters. The summed E-state index contributed by atoms with van der Waals surface area (Å²) in [4.78, 5) is 1.05. The van der Waals surface area contributed by atoms with Crippen molar-refractivity contribution in [3.8, 4) is 5.75 Å². The predicted octanol–water partition coefficient (Wildman–Crippen LogP) is 2.05. The van der Waals surface area contributed by atoms with Crippen LogP contribution in [-0.2, 0) is 6.42 Å². The third kappa shape index (κ3) is 3.09. The van der Waals surface area contributed by atoms with Crippen LogP contribution in [0.25, 0.3) is 0 Å². The van der Waals surface area contributed by atoms with Crippen LogP contribution < -0.4 is 16.0 Å². The summed E-state index contributed by atoms with van der Waals surface area (Å²) in [5.41, 5.74) is 4.87. The Morgan fingerprint density at radius 2 is 2.26 bits per heavy atom. The molecule has 0 radical (unpaired) electrons. The SMILES string of the molecule is CCOc1cccc(C(NN)c2snnc2CC)c1. The highest BCUT2D eigenvalue weighted by Crippen LogP contribution is 2.28. The summed E-state index contributed by atoms with van der Waals surface area (Å²) in [6.45, 7) is 4.67. The molecule has 3 N–H and O–H groups in total. The standard InChI is InChI=1S/C13H18N4OS/c1-3-11-13(19-17-16-11)12(15-14)9-6-5-7-10(8-9)18-4-2/h5-8,12,15H,3-4,14H2,1-2H3. The molecular formula is C13H18N4OS. The van der Waals surface area contributed by atoms with Crippen LogP contribution in [0.2, 0.25) is 0 Å². The average molecular weight is 278 g/mol. The summed E-state index contributed by atoms with van der Waals surface area (Å²) in [6, 6.07) is 7.81. The van der Waals surface area contributed by atoms with Crippen LogP contribution in [0.5, 0.6) is 5.75 Å². The van der Waals surface area contributed by atoms with Gasteiger partial charge in [0.2, 0.25) is 0 Å². The summed E-state index contributed by atoms with van der Waals surface area (Å²) in [6.07, 6.45) is 0.842. The molecule has 0 bridgehead atoms. The van der Waals surface area contributed by atoms with Gasteiger partial charge in [-0.1, -0.05) is 23.5 Å². The Morgan fingerprint density at radius 1 is 1.42 bits per heavy atom. The second-order valence-corrected chi connectivity index (χ2v) is 4.83. The molecular weight excluding hydrogens is 260 g/mol. The fourth-order valence-corrected chi connectivity index (χ4v) is 2.78. The molecule has 19 heavy (non-hydrogen) atoms. The van der Waals surface area contributed by atoms with E-state index >= 15 is 0 Å². The molecule has 0 aliphatic heterocycles. The fraction of sp³-hybridized carbons (Fsp3) is 0.385. The second kappa shape index (κ2) is 6.60. The molecule has 0 fully saturated rings. The van der Waals surface area contributed by atoms with Crippen molar-refractivity contribution in [2.45, 2.75) is 26.3 Å². The van der Waals surface area contributed by atoms with Crippen LogP contribution in [0.1, 0.15) is 36.0 Å². The number of aryl methyl sites for hydroxylation is 1. The quantitative estimate of drug-likeness (QED) is 0.625. The van der Waals surface area contributed by atoms with Gasteiger partial charge in [0.05, 0.1) is 23.2 Å². The molecule has 0 aliphatic carbocycles. The summed E-state index contributed by atoms with van der Waals surface area (Å²) in [5, 5.41) is 4.13. The van der Waals surface area contributed by atoms with Crippen molar-refractivity contribution in [3.05, 3.63) is 40.4 Å². The number of nitrogens with one attached hydrogen (secondary N) is 1. The minimum Gasteiger partial charge on any atom is -0.494 e. The van der Waals surface area contributed by atoms with E-state index in [2.05, 4.69) is 21.9 Å². The van der Waals surface area contributed by atoms with E-state index in [1.165, 1.54) is 11.5 Å². The van der Waals surface area contributed by atoms with Crippen molar-refractivity contribution >= 4 is 11.5 Å². The molecule has 1 aromatic heterocycles. The number of hydrogen-bond acceptors (Lipinski definition) is 6. The molecule has 6 heteroatoms. The predicted molar refractivity (Wildman–Crippen MR) is 76.1 cm³/mol. The zero-order valence-corrected chi connectivity index (χ0v) is 11.9. The lowest BCUT2D eigenvalue weighted by atomic mass is 10.0. The molecule has 0 amide bonds. The monoisotopic (exact) mass is 278 g/mol. The van der Waals surface area contributed by atoms with E-state index in [0.29, 0.717) is 6.61 Å². The highest BCUT2D eigenvalue weighted by molar-refractivity contribution is 7.05. The second-order valence-electron chi connectivity index (χ2n) is 4.04. The van der Waals surface area contributed by atoms with E-state index in [-0.39, 0.29) is 6.04 Å². The lowest BCUT2D eigenvalue weighted by Crippen LogP contribution is -2.28. The molecule has 2 rings (SSSR count). The van der Waals surface area contributed by atoms with Gasteiger partial charge in [0.1, 0.15) is 5.75 Å². The average Bonchev–Trinajstić information content (AvgIpc) is 2.89. The maximum Gasteiger partial charge on any atom is 0.119 e. The zero-order valence-electron chi connectivity index (χ0n) is 11.1. The molecule has 1 unspecified atom stereocenters. The highest BCUT2D eigenvalue weighted by Gasteiger charge is 2.19. The van der Waals surface area contributed by atoms with E-state index in [1.807, 2.05) is 31.2 Å². The first kappa shape index (κ1) is 13.9. The van der Waals surface area contributed by atoms with Gasteiger partial charge in [0.15, 0.2) is 0 Å². The van der Waals surface area contributed by atoms with E-state index in [4.69, 9.17) is 10.6 Å². The summed E-state index contributed by atoms with van der Waals surface area (Å²) < 4.78 is 9.53. The molecule has 0 saturated carbocycles. The Hall–Kier alpha value is -1.50. The van der Waals surface area contributed by atoms with Gasteiger partial charge in [-0.25, -0.2) is 5.43 Å². The first-order valence-corrected chi connectivity index (χ1v) is 7.07. The van der Waals surface area contributed by atoms with Crippen molar-refractivity contribution in [3.63, 3.8) is 0 Å². The van der Waals surface area contributed by atoms with Crippen LogP contribution in [0.15, 0.2) is 24.3 Å². The van der Waals surface area contributed by atoms with Crippen LogP contribution in [0, 0.1) is 0 Å². The minimum absolute atomic E-state index is 0.102. The third-order valence-electron chi connectivity index (χ3n) is 2.85. The molecule has 102 valence electrons. The van der Waals surface area contributed by atoms with Gasteiger partial charge >= 0.3 is 0 Å². The van der Waals surface area contributed by atoms with Crippen LogP contribution in [0.4, 0.5) is 0 Å². The van der Waals surface area contributed by atoms with Crippen molar-refractivity contribution in [1.82, 2.24) is 15.0 Å². The first-order chi connectivity index (χ1) is 9.30. The summed E-state index contributed by atoms with van der Waals surface area (Å²) in [7, 11) is 0.